The zero-order valence-corrected chi connectivity index (χ0v) is 19.9. The Balaban J connectivity index is 0.000000392. The number of aliphatic imine (C=N–C) groups is 1. The lowest BCUT2D eigenvalue weighted by Gasteiger charge is -2.35. The van der Waals surface area contributed by atoms with Gasteiger partial charge in [-0.1, -0.05) is 17.7 Å². The second-order valence-electron chi connectivity index (χ2n) is 8.20. The van der Waals surface area contributed by atoms with Gasteiger partial charge in [0.2, 0.25) is 5.95 Å². The lowest BCUT2D eigenvalue weighted by Crippen LogP contribution is -2.30. The number of alkyl halides is 3. The van der Waals surface area contributed by atoms with E-state index in [-0.39, 0.29) is 16.7 Å². The minimum atomic E-state index is -5.08. The van der Waals surface area contributed by atoms with Gasteiger partial charge >= 0.3 is 12.1 Å². The van der Waals surface area contributed by atoms with E-state index in [1.54, 1.807) is 48.8 Å². The number of nitrogens with two attached hydrogens (primary N) is 1. The Morgan fingerprint density at radius 2 is 1.74 bits per heavy atom. The largest absolute Gasteiger partial charge is 0.490 e. The molecule has 5 heterocycles. The molecule has 8 nitrogen and oxygen atoms in total. The zero-order valence-electron chi connectivity index (χ0n) is 19.2. The van der Waals surface area contributed by atoms with Crippen molar-refractivity contribution in [3.05, 3.63) is 100 Å². The highest BCUT2D eigenvalue weighted by Crippen LogP contribution is 2.56. The fourth-order valence-electron chi connectivity index (χ4n) is 4.38. The van der Waals surface area contributed by atoms with E-state index in [0.29, 0.717) is 39.1 Å². The molecule has 0 bridgehead atoms. The molecule has 0 aliphatic carbocycles. The summed E-state index contributed by atoms with van der Waals surface area (Å²) in [4.78, 5) is 25.3. The molecule has 3 N–H and O–H groups in total. The number of carbonyl (C=O) groups is 1. The summed E-state index contributed by atoms with van der Waals surface area (Å²) >= 11 is 6.12. The molecule has 39 heavy (non-hydrogen) atoms. The number of benzene rings is 1. The number of hydrogen-bond donors (Lipinski definition) is 2. The summed E-state index contributed by atoms with van der Waals surface area (Å²) in [6.45, 7) is 0. The maximum absolute atomic E-state index is 14.9. The lowest BCUT2D eigenvalue weighted by molar-refractivity contribution is -0.192. The van der Waals surface area contributed by atoms with Crippen molar-refractivity contribution >= 4 is 23.4 Å². The average molecular weight is 562 g/mol. The highest BCUT2D eigenvalue weighted by molar-refractivity contribution is 6.29. The molecule has 6 rings (SSSR count). The summed E-state index contributed by atoms with van der Waals surface area (Å²) < 4.78 is 66.9. The van der Waals surface area contributed by atoms with Crippen LogP contribution < -0.4 is 10.5 Å². The predicted octanol–water partition coefficient (Wildman–Crippen LogP) is 5.22. The number of carboxylic acid groups (broad SMARTS) is 1. The summed E-state index contributed by atoms with van der Waals surface area (Å²) in [7, 11) is 0. The normalized spacial score (nSPS) is 16.7. The third-order valence-electron chi connectivity index (χ3n) is 5.96. The van der Waals surface area contributed by atoms with E-state index in [1.165, 1.54) is 12.3 Å². The van der Waals surface area contributed by atoms with Gasteiger partial charge in [0, 0.05) is 46.4 Å². The highest BCUT2D eigenvalue weighted by atomic mass is 35.5. The van der Waals surface area contributed by atoms with Crippen LogP contribution in [0.15, 0.2) is 66.0 Å². The van der Waals surface area contributed by atoms with Crippen molar-refractivity contribution in [3.8, 4) is 22.6 Å². The van der Waals surface area contributed by atoms with Crippen LogP contribution in [-0.2, 0) is 10.3 Å². The maximum atomic E-state index is 14.9. The van der Waals surface area contributed by atoms with Crippen LogP contribution >= 0.6 is 11.6 Å². The molecular weight excluding hydrogens is 549 g/mol. The van der Waals surface area contributed by atoms with E-state index in [4.69, 9.17) is 37.0 Å². The number of hydrogen-bond acceptors (Lipinski definition) is 7. The van der Waals surface area contributed by atoms with Gasteiger partial charge in [0.25, 0.3) is 5.95 Å². The van der Waals surface area contributed by atoms with Gasteiger partial charge in [0.05, 0.1) is 0 Å². The first-order valence-corrected chi connectivity index (χ1v) is 11.2. The summed E-state index contributed by atoms with van der Waals surface area (Å²) in [5.41, 5.74) is 8.01. The van der Waals surface area contributed by atoms with E-state index in [9.17, 15) is 22.0 Å². The molecule has 0 saturated carbocycles. The van der Waals surface area contributed by atoms with Gasteiger partial charge in [-0.25, -0.2) is 19.8 Å². The molecule has 198 valence electrons. The number of halogens is 6. The van der Waals surface area contributed by atoms with Crippen molar-refractivity contribution in [1.82, 2.24) is 15.0 Å². The number of nitrogens with zero attached hydrogens (tertiary/aromatic N) is 4. The third kappa shape index (κ3) is 4.30. The quantitative estimate of drug-likeness (QED) is 0.241. The summed E-state index contributed by atoms with van der Waals surface area (Å²) in [6, 6.07) is 11.5. The standard InChI is InChI=1S/C23H12ClF2N5O.C2HF3O2/c24-18-9-15-19(21(26)30-18)32-17-4-3-11(12-2-1-6-29-20(12)25)8-14(17)23(15)16-10-28-7-5-13(16)22(27)31-23;3-2(4,5)1(6)7/h1-10H,(H2,27,31);(H,6,7)/t23-;/m0./s1. The molecule has 1 spiro atoms. The molecule has 2 aliphatic heterocycles. The van der Waals surface area contributed by atoms with Crippen LogP contribution in [0.3, 0.4) is 0 Å². The van der Waals surface area contributed by atoms with Crippen molar-refractivity contribution in [2.75, 3.05) is 0 Å². The van der Waals surface area contributed by atoms with Crippen LogP contribution in [0, 0.1) is 11.9 Å². The highest BCUT2D eigenvalue weighted by Gasteiger charge is 2.50. The van der Waals surface area contributed by atoms with E-state index < -0.39 is 29.6 Å². The Morgan fingerprint density at radius 1 is 1.00 bits per heavy atom. The predicted molar refractivity (Wildman–Crippen MR) is 127 cm³/mol. The van der Waals surface area contributed by atoms with Crippen molar-refractivity contribution in [3.63, 3.8) is 0 Å². The number of fused-ring (bicyclic) bond motifs is 6. The summed E-state index contributed by atoms with van der Waals surface area (Å²) in [5, 5.41) is 7.06. The van der Waals surface area contributed by atoms with Gasteiger partial charge in [-0.15, -0.1) is 0 Å². The number of ether oxygens (including phenoxy) is 1. The first-order chi connectivity index (χ1) is 18.4. The van der Waals surface area contributed by atoms with Crippen molar-refractivity contribution in [2.45, 2.75) is 11.7 Å². The Bertz CT molecular complexity index is 1680. The summed E-state index contributed by atoms with van der Waals surface area (Å²) in [5.74, 6) is -3.75. The van der Waals surface area contributed by atoms with Crippen LogP contribution in [0.25, 0.3) is 11.1 Å². The first-order valence-electron chi connectivity index (χ1n) is 10.8. The molecule has 4 aromatic rings. The minimum absolute atomic E-state index is 0.0618. The molecule has 2 aliphatic rings. The molecule has 3 aromatic heterocycles. The van der Waals surface area contributed by atoms with Crippen LogP contribution in [-0.4, -0.2) is 38.0 Å². The molecular formula is C25H13ClF5N5O3. The molecule has 0 fully saturated rings. The molecule has 0 radical (unpaired) electrons. The van der Waals surface area contributed by atoms with Gasteiger partial charge in [-0.3, -0.25) is 4.98 Å². The number of pyridine rings is 3. The van der Waals surface area contributed by atoms with Gasteiger partial charge in [-0.2, -0.15) is 22.0 Å². The molecule has 0 unspecified atom stereocenters. The number of aliphatic carboxylic acids is 1. The monoisotopic (exact) mass is 561 g/mol. The maximum Gasteiger partial charge on any atom is 0.490 e. The zero-order chi connectivity index (χ0) is 28.1. The number of aromatic nitrogens is 3. The molecule has 0 amide bonds. The Morgan fingerprint density at radius 3 is 2.44 bits per heavy atom. The molecule has 14 heteroatoms. The minimum Gasteiger partial charge on any atom is -0.475 e. The van der Waals surface area contributed by atoms with E-state index in [1.807, 2.05) is 0 Å². The number of rotatable bonds is 1. The third-order valence-corrected chi connectivity index (χ3v) is 6.15. The van der Waals surface area contributed by atoms with Crippen molar-refractivity contribution < 1.29 is 36.6 Å². The average Bonchev–Trinajstić information content (AvgIpc) is 3.18. The first kappa shape index (κ1) is 26.0. The Kier molecular flexibility index (Phi) is 6.18. The second kappa shape index (κ2) is 9.27. The molecule has 1 aromatic carbocycles. The smallest absolute Gasteiger partial charge is 0.475 e. The van der Waals surface area contributed by atoms with Gasteiger partial charge < -0.3 is 15.6 Å². The fraction of sp³-hybridized carbons (Fsp3) is 0.0800. The Labute approximate surface area is 220 Å². The van der Waals surface area contributed by atoms with Gasteiger partial charge in [0.1, 0.15) is 22.3 Å². The fourth-order valence-corrected chi connectivity index (χ4v) is 4.57. The van der Waals surface area contributed by atoms with E-state index >= 15 is 0 Å². The van der Waals surface area contributed by atoms with Crippen LogP contribution in [0.1, 0.15) is 22.3 Å². The summed E-state index contributed by atoms with van der Waals surface area (Å²) in [6.07, 6.45) is -0.482. The van der Waals surface area contributed by atoms with Crippen molar-refractivity contribution in [1.29, 1.82) is 0 Å². The second-order valence-corrected chi connectivity index (χ2v) is 8.59. The molecule has 0 saturated heterocycles. The number of carboxylic acids is 1. The molecule has 1 atom stereocenters. The van der Waals surface area contributed by atoms with Crippen LogP contribution in [0.5, 0.6) is 11.5 Å². The van der Waals surface area contributed by atoms with E-state index in [2.05, 4.69) is 15.0 Å². The van der Waals surface area contributed by atoms with E-state index in [0.717, 1.165) is 0 Å². The topological polar surface area (TPSA) is 124 Å². The van der Waals surface area contributed by atoms with Crippen LogP contribution in [0.4, 0.5) is 22.0 Å². The number of amidine groups is 1. The SMILES string of the molecule is NC1=N[C@]2(c3cc(-c4cccnc4F)ccc3Oc3c2cc(Cl)nc3F)c2cnccc21.O=C(O)C(F)(F)F. The Hall–Kier alpha value is -4.65. The lowest BCUT2D eigenvalue weighted by atomic mass is 9.75. The van der Waals surface area contributed by atoms with Crippen LogP contribution in [0.2, 0.25) is 5.15 Å². The van der Waals surface area contributed by atoms with Gasteiger partial charge in [0.15, 0.2) is 5.75 Å². The van der Waals surface area contributed by atoms with Gasteiger partial charge in [-0.05, 0) is 42.0 Å². The van der Waals surface area contributed by atoms with Crippen molar-refractivity contribution in [2.24, 2.45) is 10.7 Å².